The fraction of sp³-hybridized carbons (Fsp3) is 0.583. The predicted molar refractivity (Wildman–Crippen MR) is 70.3 cm³/mol. The van der Waals surface area contributed by atoms with Gasteiger partial charge >= 0.3 is 0 Å². The summed E-state index contributed by atoms with van der Waals surface area (Å²) < 4.78 is 5.14. The summed E-state index contributed by atoms with van der Waals surface area (Å²) in [6, 6.07) is 0. The molecule has 1 saturated heterocycles. The highest BCUT2D eigenvalue weighted by atomic mass is 16.5. The van der Waals surface area contributed by atoms with E-state index in [-0.39, 0.29) is 5.91 Å². The maximum atomic E-state index is 12.2. The van der Waals surface area contributed by atoms with Crippen LogP contribution in [0.25, 0.3) is 0 Å². The van der Waals surface area contributed by atoms with Gasteiger partial charge in [0.25, 0.3) is 5.91 Å². The van der Waals surface area contributed by atoms with Gasteiger partial charge in [0.15, 0.2) is 5.82 Å². The number of nitrogens with zero attached hydrogens (tertiary/aromatic N) is 3. The van der Waals surface area contributed by atoms with Crippen molar-refractivity contribution in [3.63, 3.8) is 0 Å². The molecule has 7 nitrogen and oxygen atoms in total. The van der Waals surface area contributed by atoms with Crippen LogP contribution in [-0.4, -0.2) is 47.6 Å². The van der Waals surface area contributed by atoms with Crippen LogP contribution < -0.4 is 11.3 Å². The highest BCUT2D eigenvalue weighted by Gasteiger charge is 2.24. The molecule has 1 aromatic heterocycles. The fourth-order valence-corrected chi connectivity index (χ4v) is 2.21. The first-order chi connectivity index (χ1) is 9.24. The smallest absolute Gasteiger partial charge is 0.274 e. The van der Waals surface area contributed by atoms with Gasteiger partial charge in [-0.1, -0.05) is 0 Å². The second kappa shape index (κ2) is 6.44. The number of aromatic nitrogens is 2. The Balaban J connectivity index is 1.93. The third kappa shape index (κ3) is 3.39. The summed E-state index contributed by atoms with van der Waals surface area (Å²) in [5.74, 6) is 6.11. The number of amides is 1. The van der Waals surface area contributed by atoms with Gasteiger partial charge < -0.3 is 15.1 Å². The molecule has 2 heterocycles. The first-order valence-corrected chi connectivity index (χ1v) is 6.31. The summed E-state index contributed by atoms with van der Waals surface area (Å²) in [5.41, 5.74) is 2.73. The second-order valence-electron chi connectivity index (χ2n) is 4.62. The Morgan fingerprint density at radius 1 is 1.47 bits per heavy atom. The molecule has 0 bridgehead atoms. The zero-order chi connectivity index (χ0) is 13.7. The Bertz CT molecular complexity index is 415. The molecule has 0 unspecified atom stereocenters. The molecule has 0 aliphatic carbocycles. The third-order valence-corrected chi connectivity index (χ3v) is 3.32. The van der Waals surface area contributed by atoms with E-state index in [1.807, 2.05) is 4.90 Å². The number of methoxy groups -OCH3 is 1. The largest absolute Gasteiger partial charge is 0.384 e. The number of carbonyl (C=O) groups is 1. The molecule has 0 aromatic carbocycles. The molecule has 104 valence electrons. The number of nitrogens with one attached hydrogen (secondary N) is 1. The minimum atomic E-state index is -0.0769. The SMILES string of the molecule is COCC1CCN(C(=O)c2cnc(NN)cn2)CC1. The molecule has 0 atom stereocenters. The van der Waals surface area contributed by atoms with Gasteiger partial charge in [0.2, 0.25) is 0 Å². The highest BCUT2D eigenvalue weighted by Crippen LogP contribution is 2.18. The van der Waals surface area contributed by atoms with Gasteiger partial charge in [0, 0.05) is 26.8 Å². The number of hydrogen-bond donors (Lipinski definition) is 2. The van der Waals surface area contributed by atoms with Crippen LogP contribution in [0.2, 0.25) is 0 Å². The van der Waals surface area contributed by atoms with Crippen LogP contribution in [0.15, 0.2) is 12.4 Å². The Kier molecular flexibility index (Phi) is 4.64. The summed E-state index contributed by atoms with van der Waals surface area (Å²) >= 11 is 0. The van der Waals surface area contributed by atoms with Crippen molar-refractivity contribution in [3.8, 4) is 0 Å². The van der Waals surface area contributed by atoms with E-state index in [1.54, 1.807) is 7.11 Å². The van der Waals surface area contributed by atoms with Crippen molar-refractivity contribution in [3.05, 3.63) is 18.1 Å². The van der Waals surface area contributed by atoms with E-state index in [4.69, 9.17) is 10.6 Å². The third-order valence-electron chi connectivity index (χ3n) is 3.32. The van der Waals surface area contributed by atoms with E-state index in [1.165, 1.54) is 12.4 Å². The van der Waals surface area contributed by atoms with Crippen molar-refractivity contribution < 1.29 is 9.53 Å². The summed E-state index contributed by atoms with van der Waals surface area (Å²) in [4.78, 5) is 22.1. The van der Waals surface area contributed by atoms with E-state index in [2.05, 4.69) is 15.4 Å². The number of nitrogens with two attached hydrogens (primary N) is 1. The van der Waals surface area contributed by atoms with Gasteiger partial charge in [-0.05, 0) is 18.8 Å². The van der Waals surface area contributed by atoms with Gasteiger partial charge in [-0.15, -0.1) is 0 Å². The number of nitrogen functional groups attached to an aromatic ring is 1. The van der Waals surface area contributed by atoms with Crippen LogP contribution in [0.1, 0.15) is 23.3 Å². The average molecular weight is 265 g/mol. The molecule has 1 aliphatic heterocycles. The first kappa shape index (κ1) is 13.7. The van der Waals surface area contributed by atoms with Gasteiger partial charge in [-0.2, -0.15) is 0 Å². The minimum Gasteiger partial charge on any atom is -0.384 e. The zero-order valence-corrected chi connectivity index (χ0v) is 11.0. The molecule has 0 saturated carbocycles. The molecule has 1 fully saturated rings. The van der Waals surface area contributed by atoms with Crippen LogP contribution in [0.3, 0.4) is 0 Å². The van der Waals surface area contributed by atoms with Crippen LogP contribution in [0.5, 0.6) is 0 Å². The number of hydrazine groups is 1. The van der Waals surface area contributed by atoms with Gasteiger partial charge in [0.05, 0.1) is 12.4 Å². The highest BCUT2D eigenvalue weighted by molar-refractivity contribution is 5.92. The Labute approximate surface area is 112 Å². The number of hydrogen-bond acceptors (Lipinski definition) is 6. The van der Waals surface area contributed by atoms with E-state index >= 15 is 0 Å². The molecule has 3 N–H and O–H groups in total. The standard InChI is InChI=1S/C12H19N5O2/c1-19-8-9-2-4-17(5-3-9)12(18)10-6-15-11(16-13)7-14-10/h6-7,9H,2-5,8,13H2,1H3,(H,15,16). The van der Waals surface area contributed by atoms with Gasteiger partial charge in [-0.3, -0.25) is 4.79 Å². The number of piperidine rings is 1. The molecule has 0 radical (unpaired) electrons. The van der Waals surface area contributed by atoms with E-state index in [9.17, 15) is 4.79 Å². The number of ether oxygens (including phenoxy) is 1. The van der Waals surface area contributed by atoms with E-state index in [0.29, 0.717) is 17.4 Å². The fourth-order valence-electron chi connectivity index (χ4n) is 2.21. The van der Waals surface area contributed by atoms with Crippen molar-refractivity contribution in [2.45, 2.75) is 12.8 Å². The quantitative estimate of drug-likeness (QED) is 0.599. The summed E-state index contributed by atoms with van der Waals surface area (Å²) in [6.07, 6.45) is 4.83. The van der Waals surface area contributed by atoms with E-state index in [0.717, 1.165) is 32.5 Å². The molecule has 1 amide bonds. The van der Waals surface area contributed by atoms with Crippen LogP contribution in [-0.2, 0) is 4.74 Å². The zero-order valence-electron chi connectivity index (χ0n) is 11.0. The molecular formula is C12H19N5O2. The summed E-state index contributed by atoms with van der Waals surface area (Å²) in [6.45, 7) is 2.25. The van der Waals surface area contributed by atoms with Crippen molar-refractivity contribution in [1.29, 1.82) is 0 Å². The minimum absolute atomic E-state index is 0.0769. The lowest BCUT2D eigenvalue weighted by molar-refractivity contribution is 0.0608. The van der Waals surface area contributed by atoms with E-state index < -0.39 is 0 Å². The molecule has 7 heteroatoms. The number of carbonyl (C=O) groups excluding carboxylic acids is 1. The maximum absolute atomic E-state index is 12.2. The Morgan fingerprint density at radius 2 is 2.21 bits per heavy atom. The number of likely N-dealkylation sites (tertiary alicyclic amines) is 1. The Hall–Kier alpha value is -1.73. The average Bonchev–Trinajstić information content (AvgIpc) is 2.48. The lowest BCUT2D eigenvalue weighted by atomic mass is 9.97. The predicted octanol–water partition coefficient (Wildman–Crippen LogP) is 0.261. The number of rotatable bonds is 4. The van der Waals surface area contributed by atoms with Crippen molar-refractivity contribution in [2.75, 3.05) is 32.2 Å². The molecule has 1 aromatic rings. The summed E-state index contributed by atoms with van der Waals surface area (Å²) in [5, 5.41) is 0. The maximum Gasteiger partial charge on any atom is 0.274 e. The molecule has 19 heavy (non-hydrogen) atoms. The molecule has 0 spiro atoms. The van der Waals surface area contributed by atoms with Crippen molar-refractivity contribution >= 4 is 11.7 Å². The topological polar surface area (TPSA) is 93.4 Å². The summed E-state index contributed by atoms with van der Waals surface area (Å²) in [7, 11) is 1.71. The molecule has 1 aliphatic rings. The lowest BCUT2D eigenvalue weighted by Gasteiger charge is -2.31. The van der Waals surface area contributed by atoms with Crippen molar-refractivity contribution in [1.82, 2.24) is 14.9 Å². The van der Waals surface area contributed by atoms with Crippen molar-refractivity contribution in [2.24, 2.45) is 11.8 Å². The Morgan fingerprint density at radius 3 is 2.74 bits per heavy atom. The molecule has 2 rings (SSSR count). The normalized spacial score (nSPS) is 16.4. The molecular weight excluding hydrogens is 246 g/mol. The number of anilines is 1. The van der Waals surface area contributed by atoms with Crippen LogP contribution in [0, 0.1) is 5.92 Å². The van der Waals surface area contributed by atoms with Crippen LogP contribution in [0.4, 0.5) is 5.82 Å². The second-order valence-corrected chi connectivity index (χ2v) is 4.62. The van der Waals surface area contributed by atoms with Gasteiger partial charge in [-0.25, -0.2) is 15.8 Å². The lowest BCUT2D eigenvalue weighted by Crippen LogP contribution is -2.39. The van der Waals surface area contributed by atoms with Gasteiger partial charge in [0.1, 0.15) is 5.69 Å². The first-order valence-electron chi connectivity index (χ1n) is 6.31. The van der Waals surface area contributed by atoms with Crippen LogP contribution >= 0.6 is 0 Å². The monoisotopic (exact) mass is 265 g/mol.